The van der Waals surface area contributed by atoms with Crippen LogP contribution < -0.4 is 11.1 Å². The molecule has 0 fully saturated rings. The van der Waals surface area contributed by atoms with Gasteiger partial charge in [-0.25, -0.2) is 4.98 Å². The third-order valence-corrected chi connectivity index (χ3v) is 4.21. The molecule has 7 heteroatoms. The quantitative estimate of drug-likeness (QED) is 0.877. The van der Waals surface area contributed by atoms with Crippen LogP contribution in [0.25, 0.3) is 0 Å². The largest absolute Gasteiger partial charge is 0.329 e. The van der Waals surface area contributed by atoms with E-state index in [9.17, 15) is 4.79 Å². The van der Waals surface area contributed by atoms with Crippen LogP contribution in [0, 0.1) is 5.92 Å². The zero-order valence-electron chi connectivity index (χ0n) is 12.8. The SMILES string of the molecule is CC(C)[C@H](N)C(=O)Nc1ccc(Sc2nccn2C)cc1.Cl. The summed E-state index contributed by atoms with van der Waals surface area (Å²) in [5.41, 5.74) is 6.57. The molecule has 2 aromatic rings. The Balaban J connectivity index is 0.00000242. The van der Waals surface area contributed by atoms with Gasteiger partial charge in [0.25, 0.3) is 0 Å². The summed E-state index contributed by atoms with van der Waals surface area (Å²) in [7, 11) is 1.96. The van der Waals surface area contributed by atoms with Gasteiger partial charge in [-0.2, -0.15) is 0 Å². The van der Waals surface area contributed by atoms with Gasteiger partial charge in [0.05, 0.1) is 6.04 Å². The van der Waals surface area contributed by atoms with Gasteiger partial charge in [-0.1, -0.05) is 25.6 Å². The van der Waals surface area contributed by atoms with E-state index >= 15 is 0 Å². The lowest BCUT2D eigenvalue weighted by Gasteiger charge is -2.15. The highest BCUT2D eigenvalue weighted by molar-refractivity contribution is 7.99. The van der Waals surface area contributed by atoms with Crippen LogP contribution in [0.3, 0.4) is 0 Å². The summed E-state index contributed by atoms with van der Waals surface area (Å²) < 4.78 is 1.96. The monoisotopic (exact) mass is 340 g/mol. The lowest BCUT2D eigenvalue weighted by Crippen LogP contribution is -2.39. The first-order valence-electron chi connectivity index (χ1n) is 6.79. The molecule has 3 N–H and O–H groups in total. The highest BCUT2D eigenvalue weighted by Gasteiger charge is 2.17. The van der Waals surface area contributed by atoms with Crippen LogP contribution in [-0.2, 0) is 11.8 Å². The number of halogens is 1. The number of nitrogens with two attached hydrogens (primary N) is 1. The van der Waals surface area contributed by atoms with Gasteiger partial charge in [0.2, 0.25) is 5.91 Å². The normalized spacial score (nSPS) is 11.9. The van der Waals surface area contributed by atoms with E-state index < -0.39 is 6.04 Å². The number of carbonyl (C=O) groups is 1. The first-order valence-corrected chi connectivity index (χ1v) is 7.60. The van der Waals surface area contributed by atoms with Crippen LogP contribution in [0.5, 0.6) is 0 Å². The van der Waals surface area contributed by atoms with E-state index in [-0.39, 0.29) is 24.2 Å². The summed E-state index contributed by atoms with van der Waals surface area (Å²) in [4.78, 5) is 17.2. The van der Waals surface area contributed by atoms with Crippen LogP contribution in [0.15, 0.2) is 46.7 Å². The van der Waals surface area contributed by atoms with Crippen molar-refractivity contribution in [3.8, 4) is 0 Å². The zero-order valence-corrected chi connectivity index (χ0v) is 14.4. The van der Waals surface area contributed by atoms with E-state index in [1.165, 1.54) is 0 Å². The molecule has 0 bridgehead atoms. The molecule has 0 aliphatic rings. The van der Waals surface area contributed by atoms with Crippen molar-refractivity contribution in [2.75, 3.05) is 5.32 Å². The van der Waals surface area contributed by atoms with Crippen molar-refractivity contribution in [2.24, 2.45) is 18.7 Å². The molecule has 1 heterocycles. The van der Waals surface area contributed by atoms with Crippen molar-refractivity contribution < 1.29 is 4.79 Å². The van der Waals surface area contributed by atoms with Crippen LogP contribution in [0.1, 0.15) is 13.8 Å². The van der Waals surface area contributed by atoms with E-state index in [1.54, 1.807) is 18.0 Å². The van der Waals surface area contributed by atoms with Gasteiger partial charge in [-0.15, -0.1) is 12.4 Å². The maximum atomic E-state index is 11.9. The molecule has 1 amide bonds. The predicted molar refractivity (Wildman–Crippen MR) is 92.5 cm³/mol. The van der Waals surface area contributed by atoms with E-state index in [1.807, 2.05) is 55.9 Å². The lowest BCUT2D eigenvalue weighted by molar-refractivity contribution is -0.118. The van der Waals surface area contributed by atoms with Crippen LogP contribution in [0.2, 0.25) is 0 Å². The molecule has 5 nitrogen and oxygen atoms in total. The van der Waals surface area contributed by atoms with E-state index in [0.717, 1.165) is 15.7 Å². The Hall–Kier alpha value is -1.50. The number of hydrogen-bond donors (Lipinski definition) is 2. The number of aromatic nitrogens is 2. The summed E-state index contributed by atoms with van der Waals surface area (Å²) in [6.45, 7) is 3.85. The van der Waals surface area contributed by atoms with Crippen molar-refractivity contribution in [3.05, 3.63) is 36.7 Å². The molecule has 120 valence electrons. The van der Waals surface area contributed by atoms with Gasteiger partial charge in [0.1, 0.15) is 0 Å². The molecule has 0 aliphatic carbocycles. The maximum Gasteiger partial charge on any atom is 0.241 e. The number of aryl methyl sites for hydroxylation is 1. The predicted octanol–water partition coefficient (Wildman–Crippen LogP) is 2.91. The second-order valence-corrected chi connectivity index (χ2v) is 6.25. The van der Waals surface area contributed by atoms with Crippen molar-refractivity contribution in [2.45, 2.75) is 29.9 Å². The maximum absolute atomic E-state index is 11.9. The summed E-state index contributed by atoms with van der Waals surface area (Å²) in [5.74, 6) is -0.0438. The summed E-state index contributed by atoms with van der Waals surface area (Å²) in [6.07, 6.45) is 3.68. The van der Waals surface area contributed by atoms with Crippen molar-refractivity contribution in [1.29, 1.82) is 0 Å². The van der Waals surface area contributed by atoms with Crippen LogP contribution >= 0.6 is 24.2 Å². The van der Waals surface area contributed by atoms with Gasteiger partial charge < -0.3 is 15.6 Å². The highest BCUT2D eigenvalue weighted by Crippen LogP contribution is 2.26. The highest BCUT2D eigenvalue weighted by atomic mass is 35.5. The summed E-state index contributed by atoms with van der Waals surface area (Å²) >= 11 is 1.57. The molecule has 0 radical (unpaired) electrons. The van der Waals surface area contributed by atoms with Gasteiger partial charge >= 0.3 is 0 Å². The third kappa shape index (κ3) is 4.76. The van der Waals surface area contributed by atoms with E-state index in [0.29, 0.717) is 0 Å². The Morgan fingerprint density at radius 1 is 1.32 bits per heavy atom. The number of imidazole rings is 1. The van der Waals surface area contributed by atoms with E-state index in [4.69, 9.17) is 5.73 Å². The number of hydrogen-bond acceptors (Lipinski definition) is 4. The van der Waals surface area contributed by atoms with Crippen LogP contribution in [-0.4, -0.2) is 21.5 Å². The Kier molecular flexibility index (Phi) is 6.93. The second kappa shape index (κ2) is 8.22. The number of nitrogens with zero attached hydrogens (tertiary/aromatic N) is 2. The van der Waals surface area contributed by atoms with Crippen molar-refractivity contribution in [1.82, 2.24) is 9.55 Å². The minimum Gasteiger partial charge on any atom is -0.329 e. The molecule has 1 aromatic carbocycles. The number of benzene rings is 1. The Labute approximate surface area is 141 Å². The molecule has 0 unspecified atom stereocenters. The molecular formula is C15H21ClN4OS. The molecule has 0 aliphatic heterocycles. The molecule has 1 atom stereocenters. The minimum atomic E-state index is -0.494. The average molecular weight is 341 g/mol. The number of anilines is 1. The first kappa shape index (κ1) is 18.5. The molecule has 22 heavy (non-hydrogen) atoms. The van der Waals surface area contributed by atoms with Gasteiger partial charge in [0, 0.05) is 30.0 Å². The number of amides is 1. The second-order valence-electron chi connectivity index (χ2n) is 5.21. The molecule has 0 spiro atoms. The fourth-order valence-corrected chi connectivity index (χ4v) is 2.49. The van der Waals surface area contributed by atoms with Crippen molar-refractivity contribution in [3.63, 3.8) is 0 Å². The molecule has 0 saturated carbocycles. The first-order chi connectivity index (χ1) is 9.97. The van der Waals surface area contributed by atoms with Crippen molar-refractivity contribution >= 4 is 35.8 Å². The third-order valence-electron chi connectivity index (χ3n) is 3.13. The lowest BCUT2D eigenvalue weighted by atomic mass is 10.1. The number of carbonyl (C=O) groups excluding carboxylic acids is 1. The number of nitrogens with one attached hydrogen (secondary N) is 1. The summed E-state index contributed by atoms with van der Waals surface area (Å²) in [6, 6.07) is 7.16. The standard InChI is InChI=1S/C15H20N4OS.ClH/c1-10(2)13(16)14(20)18-11-4-6-12(7-5-11)21-15-17-8-9-19(15)3;/h4-10,13H,16H2,1-3H3,(H,18,20);1H/t13-;/m0./s1. The molecule has 1 aromatic heterocycles. The van der Waals surface area contributed by atoms with Gasteiger partial charge in [-0.05, 0) is 30.2 Å². The minimum absolute atomic E-state index is 0. The smallest absolute Gasteiger partial charge is 0.241 e. The zero-order chi connectivity index (χ0) is 15.4. The average Bonchev–Trinajstić information content (AvgIpc) is 2.85. The van der Waals surface area contributed by atoms with Crippen LogP contribution in [0.4, 0.5) is 5.69 Å². The number of rotatable bonds is 5. The Bertz CT molecular complexity index is 612. The fourth-order valence-electron chi connectivity index (χ4n) is 1.69. The van der Waals surface area contributed by atoms with Gasteiger partial charge in [0.15, 0.2) is 5.16 Å². The molecular weight excluding hydrogens is 320 g/mol. The van der Waals surface area contributed by atoms with E-state index in [2.05, 4.69) is 10.3 Å². The topological polar surface area (TPSA) is 72.9 Å². The summed E-state index contributed by atoms with van der Waals surface area (Å²) in [5, 5.41) is 3.75. The Morgan fingerprint density at radius 3 is 2.45 bits per heavy atom. The van der Waals surface area contributed by atoms with Gasteiger partial charge in [-0.3, -0.25) is 4.79 Å². The Morgan fingerprint density at radius 2 is 1.95 bits per heavy atom. The fraction of sp³-hybridized carbons (Fsp3) is 0.333. The molecule has 2 rings (SSSR count). The molecule has 0 saturated heterocycles.